The topological polar surface area (TPSA) is 40.5 Å². The van der Waals surface area contributed by atoms with Crippen LogP contribution in [0, 0.1) is 5.82 Å². The predicted octanol–water partition coefficient (Wildman–Crippen LogP) is 4.22. The van der Waals surface area contributed by atoms with E-state index in [1.807, 2.05) is 0 Å². The summed E-state index contributed by atoms with van der Waals surface area (Å²) in [6.45, 7) is -0.0427. The van der Waals surface area contributed by atoms with Gasteiger partial charge in [-0.1, -0.05) is 23.2 Å². The number of carbonyl (C=O) groups is 1. The lowest BCUT2D eigenvalue weighted by Gasteiger charge is -2.23. The molecule has 0 aliphatic rings. The van der Waals surface area contributed by atoms with Gasteiger partial charge in [0.1, 0.15) is 12.4 Å². The van der Waals surface area contributed by atoms with E-state index in [1.165, 1.54) is 18.2 Å². The number of hydrogen-bond donors (Lipinski definition) is 1. The van der Waals surface area contributed by atoms with Crippen LogP contribution < -0.4 is 4.90 Å². The van der Waals surface area contributed by atoms with E-state index in [0.717, 1.165) is 0 Å². The Balaban J connectivity index is 2.30. The van der Waals surface area contributed by atoms with Gasteiger partial charge in [-0.3, -0.25) is 4.79 Å². The van der Waals surface area contributed by atoms with Gasteiger partial charge in [-0.15, -0.1) is 0 Å². The summed E-state index contributed by atoms with van der Waals surface area (Å²) in [6.07, 6.45) is 0. The lowest BCUT2D eigenvalue weighted by molar-refractivity contribution is -0.135. The van der Waals surface area contributed by atoms with Crippen LogP contribution in [0.15, 0.2) is 42.5 Å². The van der Waals surface area contributed by atoms with Crippen LogP contribution in [0.2, 0.25) is 10.0 Å². The van der Waals surface area contributed by atoms with Crippen molar-refractivity contribution in [3.05, 3.63) is 63.9 Å². The Kier molecular flexibility index (Phi) is 5.04. The zero-order valence-corrected chi connectivity index (χ0v) is 12.4. The van der Waals surface area contributed by atoms with Crippen LogP contribution in [0.25, 0.3) is 0 Å². The van der Waals surface area contributed by atoms with Crippen molar-refractivity contribution in [3.8, 4) is 0 Å². The maximum absolute atomic E-state index is 13.3. The van der Waals surface area contributed by atoms with Crippen molar-refractivity contribution in [2.75, 3.05) is 11.4 Å². The molecule has 3 nitrogen and oxygen atoms in total. The van der Waals surface area contributed by atoms with Crippen LogP contribution in [0.4, 0.5) is 10.1 Å². The molecule has 0 atom stereocenters. The van der Waals surface area contributed by atoms with Gasteiger partial charge in [-0.2, -0.15) is 0 Å². The van der Waals surface area contributed by atoms with Gasteiger partial charge in [0.15, 0.2) is 0 Å². The summed E-state index contributed by atoms with van der Waals surface area (Å²) in [5.74, 6) is -1.40. The largest absolute Gasteiger partial charge is 0.480 e. The van der Waals surface area contributed by atoms with Crippen LogP contribution in [0.3, 0.4) is 0 Å². The average Bonchev–Trinajstić information content (AvgIpc) is 2.42. The molecular formula is C15H12Cl2FNO2. The fourth-order valence-corrected chi connectivity index (χ4v) is 2.23. The molecule has 0 aliphatic carbocycles. The van der Waals surface area contributed by atoms with Crippen LogP contribution in [-0.4, -0.2) is 17.6 Å². The summed E-state index contributed by atoms with van der Waals surface area (Å²) in [6, 6.07) is 10.8. The first-order valence-electron chi connectivity index (χ1n) is 6.12. The van der Waals surface area contributed by atoms with Gasteiger partial charge >= 0.3 is 5.97 Å². The van der Waals surface area contributed by atoms with E-state index in [2.05, 4.69) is 0 Å². The second kappa shape index (κ2) is 6.78. The number of anilines is 1. The van der Waals surface area contributed by atoms with E-state index in [0.29, 0.717) is 21.3 Å². The van der Waals surface area contributed by atoms with Gasteiger partial charge in [-0.05, 0) is 48.0 Å². The molecule has 6 heteroatoms. The number of benzene rings is 2. The highest BCUT2D eigenvalue weighted by molar-refractivity contribution is 6.31. The van der Waals surface area contributed by atoms with Crippen molar-refractivity contribution in [2.45, 2.75) is 6.54 Å². The summed E-state index contributed by atoms with van der Waals surface area (Å²) in [5.41, 5.74) is 1.19. The lowest BCUT2D eigenvalue weighted by Crippen LogP contribution is -2.29. The molecule has 1 N–H and O–H groups in total. The van der Waals surface area contributed by atoms with E-state index in [1.54, 1.807) is 29.2 Å². The maximum atomic E-state index is 13.3. The first kappa shape index (κ1) is 15.6. The van der Waals surface area contributed by atoms with Gasteiger partial charge in [0.25, 0.3) is 0 Å². The summed E-state index contributed by atoms with van der Waals surface area (Å²) < 4.78 is 13.3. The predicted molar refractivity (Wildman–Crippen MR) is 81.5 cm³/mol. The molecule has 0 spiro atoms. The van der Waals surface area contributed by atoms with Crippen LogP contribution in [-0.2, 0) is 11.3 Å². The highest BCUT2D eigenvalue weighted by atomic mass is 35.5. The summed E-state index contributed by atoms with van der Waals surface area (Å²) in [4.78, 5) is 12.6. The van der Waals surface area contributed by atoms with E-state index in [-0.39, 0.29) is 13.1 Å². The zero-order valence-electron chi connectivity index (χ0n) is 10.9. The zero-order chi connectivity index (χ0) is 15.4. The minimum absolute atomic E-state index is 0.185. The molecule has 0 heterocycles. The van der Waals surface area contributed by atoms with Crippen LogP contribution in [0.1, 0.15) is 5.56 Å². The minimum atomic E-state index is -0.988. The highest BCUT2D eigenvalue weighted by Gasteiger charge is 2.13. The first-order chi connectivity index (χ1) is 9.95. The Labute approximate surface area is 131 Å². The second-order valence-electron chi connectivity index (χ2n) is 4.46. The van der Waals surface area contributed by atoms with E-state index >= 15 is 0 Å². The molecule has 0 amide bonds. The average molecular weight is 328 g/mol. The van der Waals surface area contributed by atoms with E-state index in [4.69, 9.17) is 28.3 Å². The molecule has 110 valence electrons. The Bertz CT molecular complexity index is 647. The monoisotopic (exact) mass is 327 g/mol. The SMILES string of the molecule is O=C(O)CN(Cc1cc(F)ccc1Cl)c1ccc(Cl)cc1. The van der Waals surface area contributed by atoms with Crippen LogP contribution >= 0.6 is 23.2 Å². The summed E-state index contributed by atoms with van der Waals surface area (Å²) >= 11 is 11.9. The number of carboxylic acid groups (broad SMARTS) is 1. The summed E-state index contributed by atoms with van der Waals surface area (Å²) in [7, 11) is 0. The third kappa shape index (κ3) is 4.34. The molecule has 0 bridgehead atoms. The van der Waals surface area contributed by atoms with Crippen LogP contribution in [0.5, 0.6) is 0 Å². The molecule has 2 aromatic carbocycles. The smallest absolute Gasteiger partial charge is 0.323 e. The molecule has 0 aromatic heterocycles. The minimum Gasteiger partial charge on any atom is -0.480 e. The normalized spacial score (nSPS) is 10.4. The van der Waals surface area contributed by atoms with Crippen molar-refractivity contribution >= 4 is 34.9 Å². The van der Waals surface area contributed by atoms with Crippen molar-refractivity contribution in [3.63, 3.8) is 0 Å². The fourth-order valence-electron chi connectivity index (χ4n) is 1.92. The molecule has 0 unspecified atom stereocenters. The number of aliphatic carboxylic acids is 1. The van der Waals surface area contributed by atoms with Crippen molar-refractivity contribution in [1.29, 1.82) is 0 Å². The molecule has 0 fully saturated rings. The maximum Gasteiger partial charge on any atom is 0.323 e. The Hall–Kier alpha value is -1.78. The molecule has 0 aliphatic heterocycles. The Morgan fingerprint density at radius 3 is 2.43 bits per heavy atom. The lowest BCUT2D eigenvalue weighted by atomic mass is 10.2. The van der Waals surface area contributed by atoms with E-state index < -0.39 is 11.8 Å². The number of hydrogen-bond acceptors (Lipinski definition) is 2. The molecule has 0 saturated heterocycles. The van der Waals surface area contributed by atoms with Gasteiger partial charge < -0.3 is 10.0 Å². The molecule has 21 heavy (non-hydrogen) atoms. The van der Waals surface area contributed by atoms with Crippen molar-refractivity contribution in [1.82, 2.24) is 0 Å². The quantitative estimate of drug-likeness (QED) is 0.893. The van der Waals surface area contributed by atoms with Gasteiger partial charge in [0.2, 0.25) is 0 Å². The number of halogens is 3. The summed E-state index contributed by atoms with van der Waals surface area (Å²) in [5, 5.41) is 9.97. The van der Waals surface area contributed by atoms with Gasteiger partial charge in [0, 0.05) is 22.3 Å². The standard InChI is InChI=1S/C15H12Cl2FNO2/c16-11-1-4-13(5-2-11)19(9-15(20)21)8-10-7-12(18)3-6-14(10)17/h1-7H,8-9H2,(H,20,21). The molecule has 0 radical (unpaired) electrons. The van der Waals surface area contributed by atoms with Crippen molar-refractivity contribution in [2.24, 2.45) is 0 Å². The first-order valence-corrected chi connectivity index (χ1v) is 6.87. The molecule has 2 rings (SSSR count). The Morgan fingerprint density at radius 1 is 1.14 bits per heavy atom. The third-order valence-electron chi connectivity index (χ3n) is 2.89. The van der Waals surface area contributed by atoms with Crippen molar-refractivity contribution < 1.29 is 14.3 Å². The molecular weight excluding hydrogens is 316 g/mol. The van der Waals surface area contributed by atoms with Gasteiger partial charge in [-0.25, -0.2) is 4.39 Å². The highest BCUT2D eigenvalue weighted by Crippen LogP contribution is 2.24. The Morgan fingerprint density at radius 2 is 1.81 bits per heavy atom. The van der Waals surface area contributed by atoms with E-state index in [9.17, 15) is 9.18 Å². The number of rotatable bonds is 5. The second-order valence-corrected chi connectivity index (χ2v) is 5.31. The molecule has 0 saturated carbocycles. The molecule has 2 aromatic rings. The fraction of sp³-hybridized carbons (Fsp3) is 0.133. The number of carboxylic acids is 1. The number of nitrogens with zero attached hydrogens (tertiary/aromatic N) is 1. The van der Waals surface area contributed by atoms with Gasteiger partial charge in [0.05, 0.1) is 0 Å². The third-order valence-corrected chi connectivity index (χ3v) is 3.51.